The van der Waals surface area contributed by atoms with Gasteiger partial charge in [-0.15, -0.1) is 0 Å². The van der Waals surface area contributed by atoms with Gasteiger partial charge in [-0.3, -0.25) is 4.57 Å². The third-order valence-corrected chi connectivity index (χ3v) is 2.62. The number of nitrogens with one attached hydrogen (secondary N) is 1. The molecule has 0 aliphatic carbocycles. The molecule has 3 N–H and O–H groups in total. The Morgan fingerprint density at radius 3 is 3.00 bits per heavy atom. The Labute approximate surface area is 90.4 Å². The third kappa shape index (κ3) is 1.65. The van der Waals surface area contributed by atoms with Crippen LogP contribution >= 0.6 is 0 Å². The van der Waals surface area contributed by atoms with Crippen molar-refractivity contribution in [3.05, 3.63) is 16.8 Å². The molecule has 0 bridgehead atoms. The van der Waals surface area contributed by atoms with E-state index >= 15 is 0 Å². The van der Waals surface area contributed by atoms with Crippen molar-refractivity contribution in [3.8, 4) is 0 Å². The monoisotopic (exact) mass is 231 g/mol. The van der Waals surface area contributed by atoms with Gasteiger partial charge in [-0.25, -0.2) is 9.89 Å². The summed E-state index contributed by atoms with van der Waals surface area (Å²) in [5, 5.41) is 24.5. The molecule has 0 unspecified atom stereocenters. The van der Waals surface area contributed by atoms with Crippen LogP contribution in [0.5, 0.6) is 0 Å². The molecule has 1 fully saturated rings. The first-order valence-corrected chi connectivity index (χ1v) is 4.77. The topological polar surface area (TPSA) is 110 Å². The van der Waals surface area contributed by atoms with Crippen molar-refractivity contribution in [2.75, 3.05) is 13.7 Å². The van der Waals surface area contributed by atoms with Gasteiger partial charge in [-0.2, -0.15) is 5.10 Å². The third-order valence-electron chi connectivity index (χ3n) is 2.62. The van der Waals surface area contributed by atoms with E-state index in [1.165, 1.54) is 18.0 Å². The normalized spacial score (nSPS) is 34.4. The standard InChI is InChI=1S/C8H13N3O5/c1-15-6-5(13)4(2-12)16-7(6)11-3-9-10-8(11)14/h3-7,12-13H,2H2,1H3,(H,10,14)/t4-,5-,6-,7-/m1/s1. The molecule has 0 radical (unpaired) electrons. The van der Waals surface area contributed by atoms with Crippen LogP contribution in [-0.4, -0.2) is 57.0 Å². The van der Waals surface area contributed by atoms with Gasteiger partial charge in [0, 0.05) is 7.11 Å². The molecule has 8 nitrogen and oxygen atoms in total. The summed E-state index contributed by atoms with van der Waals surface area (Å²) < 4.78 is 11.6. The van der Waals surface area contributed by atoms with E-state index in [0.29, 0.717) is 0 Å². The van der Waals surface area contributed by atoms with E-state index in [-0.39, 0.29) is 6.61 Å². The molecule has 0 spiro atoms. The Bertz CT molecular complexity index is 402. The summed E-state index contributed by atoms with van der Waals surface area (Å²) >= 11 is 0. The summed E-state index contributed by atoms with van der Waals surface area (Å²) in [7, 11) is 1.40. The van der Waals surface area contributed by atoms with E-state index in [0.717, 1.165) is 0 Å². The molecular formula is C8H13N3O5. The highest BCUT2D eigenvalue weighted by Crippen LogP contribution is 2.29. The summed E-state index contributed by atoms with van der Waals surface area (Å²) in [6.07, 6.45) is -2.00. The molecule has 1 aliphatic rings. The summed E-state index contributed by atoms with van der Waals surface area (Å²) in [5.74, 6) is 0. The average molecular weight is 231 g/mol. The molecule has 2 heterocycles. The zero-order valence-electron chi connectivity index (χ0n) is 8.61. The van der Waals surface area contributed by atoms with Gasteiger partial charge in [0.15, 0.2) is 6.23 Å². The van der Waals surface area contributed by atoms with Crippen molar-refractivity contribution >= 4 is 0 Å². The van der Waals surface area contributed by atoms with E-state index < -0.39 is 30.2 Å². The number of methoxy groups -OCH3 is 1. The second-order valence-electron chi connectivity index (χ2n) is 3.51. The van der Waals surface area contributed by atoms with Gasteiger partial charge in [-0.1, -0.05) is 0 Å². The number of aliphatic hydroxyl groups excluding tert-OH is 2. The lowest BCUT2D eigenvalue weighted by atomic mass is 10.1. The predicted octanol–water partition coefficient (Wildman–Crippen LogP) is -2.16. The Hall–Kier alpha value is -1.22. The maximum absolute atomic E-state index is 11.3. The fraction of sp³-hybridized carbons (Fsp3) is 0.750. The van der Waals surface area contributed by atoms with Gasteiger partial charge in [0.2, 0.25) is 0 Å². The highest BCUT2D eigenvalue weighted by Gasteiger charge is 2.45. The van der Waals surface area contributed by atoms with E-state index in [1.54, 1.807) is 0 Å². The summed E-state index contributed by atoms with van der Waals surface area (Å²) in [6, 6.07) is 0. The van der Waals surface area contributed by atoms with E-state index in [9.17, 15) is 9.90 Å². The molecule has 0 aromatic carbocycles. The first kappa shape index (κ1) is 11.3. The van der Waals surface area contributed by atoms with Crippen LogP contribution in [0.4, 0.5) is 0 Å². The Morgan fingerprint density at radius 2 is 2.50 bits per heavy atom. The summed E-state index contributed by atoms with van der Waals surface area (Å²) in [5.41, 5.74) is -0.460. The molecule has 90 valence electrons. The lowest BCUT2D eigenvalue weighted by Crippen LogP contribution is -2.36. The number of hydrogen-bond acceptors (Lipinski definition) is 6. The lowest BCUT2D eigenvalue weighted by Gasteiger charge is -2.18. The molecule has 4 atom stereocenters. The molecule has 8 heteroatoms. The van der Waals surface area contributed by atoms with Gasteiger partial charge in [0.25, 0.3) is 0 Å². The number of rotatable bonds is 3. The van der Waals surface area contributed by atoms with Gasteiger partial charge in [0.1, 0.15) is 24.6 Å². The smallest absolute Gasteiger partial charge is 0.345 e. The zero-order valence-corrected chi connectivity index (χ0v) is 8.61. The number of aromatic nitrogens is 3. The first-order chi connectivity index (χ1) is 7.69. The van der Waals surface area contributed by atoms with E-state index in [4.69, 9.17) is 14.6 Å². The van der Waals surface area contributed by atoms with Crippen LogP contribution in [0.1, 0.15) is 6.23 Å². The second kappa shape index (κ2) is 4.34. The fourth-order valence-electron chi connectivity index (χ4n) is 1.79. The number of H-pyrrole nitrogens is 1. The lowest BCUT2D eigenvalue weighted by molar-refractivity contribution is -0.0618. The predicted molar refractivity (Wildman–Crippen MR) is 50.6 cm³/mol. The van der Waals surface area contributed by atoms with Crippen LogP contribution in [0.15, 0.2) is 11.1 Å². The highest BCUT2D eigenvalue weighted by molar-refractivity contribution is 4.90. The molecule has 1 aromatic rings. The second-order valence-corrected chi connectivity index (χ2v) is 3.51. The summed E-state index contributed by atoms with van der Waals surface area (Å²) in [6.45, 7) is -0.343. The Morgan fingerprint density at radius 1 is 1.75 bits per heavy atom. The van der Waals surface area contributed by atoms with Gasteiger partial charge >= 0.3 is 5.69 Å². The van der Waals surface area contributed by atoms with Gasteiger partial charge < -0.3 is 19.7 Å². The molecule has 1 aliphatic heterocycles. The largest absolute Gasteiger partial charge is 0.394 e. The molecule has 2 rings (SSSR count). The minimum absolute atomic E-state index is 0.343. The molecule has 0 saturated carbocycles. The maximum atomic E-state index is 11.3. The maximum Gasteiger partial charge on any atom is 0.345 e. The minimum Gasteiger partial charge on any atom is -0.394 e. The number of aromatic amines is 1. The SMILES string of the molecule is CO[C@@H]1[C@H](O)[C@@H](CO)O[C@H]1n1cn[nH]c1=O. The van der Waals surface area contributed by atoms with Crippen molar-refractivity contribution in [2.24, 2.45) is 0 Å². The first-order valence-electron chi connectivity index (χ1n) is 4.77. The van der Waals surface area contributed by atoms with E-state index in [2.05, 4.69) is 10.2 Å². The van der Waals surface area contributed by atoms with Crippen LogP contribution in [0.25, 0.3) is 0 Å². The molecule has 16 heavy (non-hydrogen) atoms. The average Bonchev–Trinajstić information content (AvgIpc) is 2.82. The number of nitrogens with zero attached hydrogens (tertiary/aromatic N) is 2. The number of aliphatic hydroxyl groups is 2. The van der Waals surface area contributed by atoms with Crippen molar-refractivity contribution < 1.29 is 19.7 Å². The fourth-order valence-corrected chi connectivity index (χ4v) is 1.79. The van der Waals surface area contributed by atoms with Crippen LogP contribution in [0.2, 0.25) is 0 Å². The molecule has 1 aromatic heterocycles. The van der Waals surface area contributed by atoms with Crippen molar-refractivity contribution in [2.45, 2.75) is 24.5 Å². The van der Waals surface area contributed by atoms with Crippen LogP contribution in [0, 0.1) is 0 Å². The van der Waals surface area contributed by atoms with Crippen molar-refractivity contribution in [3.63, 3.8) is 0 Å². The molecular weight excluding hydrogens is 218 g/mol. The van der Waals surface area contributed by atoms with Crippen LogP contribution in [-0.2, 0) is 9.47 Å². The number of hydrogen-bond donors (Lipinski definition) is 3. The molecule has 0 amide bonds. The van der Waals surface area contributed by atoms with Crippen molar-refractivity contribution in [1.82, 2.24) is 14.8 Å². The van der Waals surface area contributed by atoms with Crippen molar-refractivity contribution in [1.29, 1.82) is 0 Å². The van der Waals surface area contributed by atoms with Crippen LogP contribution in [0.3, 0.4) is 0 Å². The summed E-state index contributed by atoms with van der Waals surface area (Å²) in [4.78, 5) is 11.3. The van der Waals surface area contributed by atoms with Gasteiger partial charge in [0.05, 0.1) is 6.61 Å². The quantitative estimate of drug-likeness (QED) is 0.546. The van der Waals surface area contributed by atoms with Crippen LogP contribution < -0.4 is 5.69 Å². The molecule has 1 saturated heterocycles. The Balaban J connectivity index is 2.28. The Kier molecular flexibility index (Phi) is 3.06. The number of ether oxygens (including phenoxy) is 2. The zero-order chi connectivity index (χ0) is 11.7. The van der Waals surface area contributed by atoms with Gasteiger partial charge in [-0.05, 0) is 0 Å². The highest BCUT2D eigenvalue weighted by atomic mass is 16.6. The van der Waals surface area contributed by atoms with E-state index in [1.807, 2.05) is 0 Å². The minimum atomic E-state index is -0.984.